The Bertz CT molecular complexity index is 1340. The molecule has 3 aromatic rings. The summed E-state index contributed by atoms with van der Waals surface area (Å²) >= 11 is 0. The third-order valence-electron chi connectivity index (χ3n) is 9.13. The maximum Gasteiger partial charge on any atom is 0.240 e. The van der Waals surface area contributed by atoms with E-state index in [1.807, 2.05) is 6.92 Å². The molecule has 2 aromatic carbocycles. The predicted molar refractivity (Wildman–Crippen MR) is 150 cm³/mol. The van der Waals surface area contributed by atoms with Gasteiger partial charge in [-0.15, -0.1) is 5.92 Å². The topological polar surface area (TPSA) is 71.6 Å². The zero-order valence-corrected chi connectivity index (χ0v) is 23.0. The predicted octanol–water partition coefficient (Wildman–Crippen LogP) is 5.62. The summed E-state index contributed by atoms with van der Waals surface area (Å²) in [6.45, 7) is 5.03. The van der Waals surface area contributed by atoms with Crippen molar-refractivity contribution in [2.24, 2.45) is 5.92 Å². The second-order valence-electron chi connectivity index (χ2n) is 11.7. The van der Waals surface area contributed by atoms with Crippen molar-refractivity contribution in [3.05, 3.63) is 76.9 Å². The van der Waals surface area contributed by atoms with Gasteiger partial charge in [-0.3, -0.25) is 4.90 Å². The van der Waals surface area contributed by atoms with Gasteiger partial charge in [0.25, 0.3) is 0 Å². The summed E-state index contributed by atoms with van der Waals surface area (Å²) < 4.78 is 11.7. The number of aromatic nitrogens is 2. The molecule has 6 nitrogen and oxygen atoms in total. The third-order valence-corrected chi connectivity index (χ3v) is 9.13. The Hall–Kier alpha value is -3.14. The van der Waals surface area contributed by atoms with Crippen LogP contribution in [-0.4, -0.2) is 38.8 Å². The molecule has 39 heavy (non-hydrogen) atoms. The van der Waals surface area contributed by atoms with Gasteiger partial charge in [-0.25, -0.2) is 0 Å². The number of nitrogens with zero attached hydrogens (tertiary/aromatic N) is 3. The van der Waals surface area contributed by atoms with Crippen LogP contribution in [0.1, 0.15) is 80.3 Å². The van der Waals surface area contributed by atoms with Crippen molar-refractivity contribution in [3.8, 4) is 17.6 Å². The van der Waals surface area contributed by atoms with Crippen molar-refractivity contribution >= 4 is 0 Å². The number of benzene rings is 2. The van der Waals surface area contributed by atoms with E-state index < -0.39 is 5.60 Å². The Morgan fingerprint density at radius 1 is 1.10 bits per heavy atom. The Balaban J connectivity index is 1.19. The molecule has 1 N–H and O–H groups in total. The second kappa shape index (κ2) is 11.2. The summed E-state index contributed by atoms with van der Waals surface area (Å²) in [6.07, 6.45) is 9.14. The molecule has 6 heteroatoms. The minimum atomic E-state index is -0.877. The first-order valence-corrected chi connectivity index (χ1v) is 14.6. The molecule has 0 spiro atoms. The maximum atomic E-state index is 11.2. The van der Waals surface area contributed by atoms with Crippen molar-refractivity contribution in [1.82, 2.24) is 15.0 Å². The lowest BCUT2D eigenvalue weighted by Crippen LogP contribution is -2.50. The first kappa shape index (κ1) is 26.1. The lowest BCUT2D eigenvalue weighted by atomic mass is 9.52. The number of piperidine rings is 1. The fourth-order valence-corrected chi connectivity index (χ4v) is 7.26. The monoisotopic (exact) mass is 525 g/mol. The van der Waals surface area contributed by atoms with Gasteiger partial charge in [-0.1, -0.05) is 53.9 Å². The van der Waals surface area contributed by atoms with Gasteiger partial charge in [-0.05, 0) is 106 Å². The van der Waals surface area contributed by atoms with Gasteiger partial charge in [-0.2, -0.15) is 4.98 Å². The van der Waals surface area contributed by atoms with Gasteiger partial charge < -0.3 is 14.4 Å². The number of aryl methyl sites for hydroxylation is 1. The van der Waals surface area contributed by atoms with Crippen LogP contribution < -0.4 is 4.74 Å². The first-order valence-electron chi connectivity index (χ1n) is 14.6. The van der Waals surface area contributed by atoms with Crippen LogP contribution in [-0.2, 0) is 31.4 Å². The zero-order valence-electron chi connectivity index (χ0n) is 23.0. The average Bonchev–Trinajstić information content (AvgIpc) is 3.40. The molecule has 0 radical (unpaired) electrons. The number of rotatable bonds is 7. The Labute approximate surface area is 231 Å². The van der Waals surface area contributed by atoms with E-state index in [-0.39, 0.29) is 5.41 Å². The Kier molecular flexibility index (Phi) is 7.47. The minimum absolute atomic E-state index is 0.00780. The van der Waals surface area contributed by atoms with Crippen molar-refractivity contribution in [2.75, 3.05) is 13.1 Å². The third kappa shape index (κ3) is 5.62. The van der Waals surface area contributed by atoms with Gasteiger partial charge in [0.2, 0.25) is 11.7 Å². The molecule has 204 valence electrons. The summed E-state index contributed by atoms with van der Waals surface area (Å²) in [6, 6.07) is 17.4. The highest BCUT2D eigenvalue weighted by Crippen LogP contribution is 2.54. The van der Waals surface area contributed by atoms with E-state index in [4.69, 9.17) is 9.26 Å². The number of aliphatic hydroxyl groups is 1. The minimum Gasteiger partial charge on any atom is -0.485 e. The van der Waals surface area contributed by atoms with Gasteiger partial charge >= 0.3 is 0 Å². The van der Waals surface area contributed by atoms with Crippen LogP contribution in [0.3, 0.4) is 0 Å². The van der Waals surface area contributed by atoms with Gasteiger partial charge in [0.15, 0.2) is 6.61 Å². The number of hydrogen-bond acceptors (Lipinski definition) is 6. The van der Waals surface area contributed by atoms with E-state index in [9.17, 15) is 5.11 Å². The van der Waals surface area contributed by atoms with Gasteiger partial charge in [0, 0.05) is 5.41 Å². The van der Waals surface area contributed by atoms with Crippen LogP contribution in [0, 0.1) is 17.8 Å². The molecule has 6 rings (SSSR count). The van der Waals surface area contributed by atoms with Crippen LogP contribution in [0.2, 0.25) is 0 Å². The molecular weight excluding hydrogens is 486 g/mol. The molecule has 1 aromatic heterocycles. The number of fused-ring (bicyclic) bond motifs is 3. The largest absolute Gasteiger partial charge is 0.485 e. The summed E-state index contributed by atoms with van der Waals surface area (Å²) in [7, 11) is 0. The summed E-state index contributed by atoms with van der Waals surface area (Å²) in [5.41, 5.74) is 3.22. The molecule has 0 amide bonds. The highest BCUT2D eigenvalue weighted by molar-refractivity contribution is 5.45. The molecule has 2 heterocycles. The lowest BCUT2D eigenvalue weighted by Gasteiger charge is -2.52. The fraction of sp³-hybridized carbons (Fsp3) is 0.515. The maximum absolute atomic E-state index is 11.2. The molecule has 2 aliphatic carbocycles. The quantitative estimate of drug-likeness (QED) is 0.404. The van der Waals surface area contributed by atoms with Crippen molar-refractivity contribution < 1.29 is 14.4 Å². The van der Waals surface area contributed by atoms with Crippen LogP contribution in [0.4, 0.5) is 0 Å². The molecule has 0 unspecified atom stereocenters. The second-order valence-corrected chi connectivity index (χ2v) is 11.7. The molecule has 1 saturated heterocycles. The fourth-order valence-electron chi connectivity index (χ4n) is 7.26. The normalized spacial score (nSPS) is 26.7. The molecule has 1 aliphatic heterocycles. The molecular formula is C33H39N3O3. The van der Waals surface area contributed by atoms with Crippen LogP contribution >= 0.6 is 0 Å². The molecule has 1 saturated carbocycles. The van der Waals surface area contributed by atoms with Crippen molar-refractivity contribution in [3.63, 3.8) is 0 Å². The van der Waals surface area contributed by atoms with Crippen molar-refractivity contribution in [2.45, 2.75) is 88.9 Å². The van der Waals surface area contributed by atoms with E-state index in [0.29, 0.717) is 30.7 Å². The molecule has 3 atom stereocenters. The van der Waals surface area contributed by atoms with Crippen LogP contribution in [0.25, 0.3) is 0 Å². The van der Waals surface area contributed by atoms with E-state index in [2.05, 4.69) is 75.4 Å². The number of ether oxygens (including phenoxy) is 1. The summed E-state index contributed by atoms with van der Waals surface area (Å²) in [4.78, 5) is 6.95. The van der Waals surface area contributed by atoms with Gasteiger partial charge in [0.1, 0.15) is 11.4 Å². The zero-order chi connectivity index (χ0) is 26.7. The van der Waals surface area contributed by atoms with Crippen LogP contribution in [0.5, 0.6) is 5.75 Å². The highest BCUT2D eigenvalue weighted by Gasteiger charge is 2.51. The van der Waals surface area contributed by atoms with E-state index >= 15 is 0 Å². The van der Waals surface area contributed by atoms with Crippen LogP contribution in [0.15, 0.2) is 53.1 Å². The van der Waals surface area contributed by atoms with Gasteiger partial charge in [0.05, 0.1) is 6.54 Å². The standard InChI is InChI=1S/C33H39N3O3/c1-2-15-32(37)16-17-33(21-25-9-5-3-6-10-25)27(22-32)12-11-26-20-28(13-14-29(26)33)38-24-30-34-31(39-35-30)23-36-18-7-4-8-19-36/h3,5-6,9-10,13-14,20,27,37H,4,7-8,11-12,16-19,21-24H2,1H3/t27-,32-,33+/m1/s1. The molecule has 3 aliphatic rings. The summed E-state index contributed by atoms with van der Waals surface area (Å²) in [5, 5.41) is 15.4. The number of likely N-dealkylation sites (tertiary alicyclic amines) is 1. The smallest absolute Gasteiger partial charge is 0.240 e. The Morgan fingerprint density at radius 2 is 1.95 bits per heavy atom. The first-order chi connectivity index (χ1) is 19.1. The van der Waals surface area contributed by atoms with E-state index in [0.717, 1.165) is 57.5 Å². The lowest BCUT2D eigenvalue weighted by molar-refractivity contribution is -0.00805. The van der Waals surface area contributed by atoms with E-state index in [1.165, 1.54) is 36.0 Å². The summed E-state index contributed by atoms with van der Waals surface area (Å²) in [5.74, 6) is 8.58. The highest BCUT2D eigenvalue weighted by atomic mass is 16.5. The average molecular weight is 526 g/mol. The van der Waals surface area contributed by atoms with E-state index in [1.54, 1.807) is 0 Å². The molecule has 0 bridgehead atoms. The SMILES string of the molecule is CC#C[C@@]1(O)CC[C@@]2(Cc3ccccc3)c3ccc(OCc4noc(CN5CCCCC5)n4)cc3CC[C@@H]2C1. The number of hydrogen-bond donors (Lipinski definition) is 1. The van der Waals surface area contributed by atoms with Crippen molar-refractivity contribution in [1.29, 1.82) is 0 Å². The molecule has 2 fully saturated rings. The Morgan fingerprint density at radius 3 is 2.77 bits per heavy atom.